The number of nitrogens with one attached hydrogen (secondary N) is 4. The molecule has 5 N–H and O–H groups in total. The first kappa shape index (κ1) is 31.7. The molecule has 43 heavy (non-hydrogen) atoms. The van der Waals surface area contributed by atoms with Gasteiger partial charge in [0.2, 0.25) is 0 Å². The van der Waals surface area contributed by atoms with Crippen LogP contribution in [0.5, 0.6) is 5.75 Å². The summed E-state index contributed by atoms with van der Waals surface area (Å²) in [5.41, 5.74) is 7.05. The maximum atomic E-state index is 12.4. The molecule has 0 saturated carbocycles. The molecule has 2 heterocycles. The molecule has 0 aliphatic carbocycles. The topological polar surface area (TPSA) is 160 Å². The molecule has 1 aliphatic heterocycles. The van der Waals surface area contributed by atoms with Crippen molar-refractivity contribution in [3.8, 4) is 11.4 Å². The van der Waals surface area contributed by atoms with Gasteiger partial charge in [-0.15, -0.1) is 15.0 Å². The van der Waals surface area contributed by atoms with Crippen LogP contribution in [0.2, 0.25) is 0 Å². The summed E-state index contributed by atoms with van der Waals surface area (Å²) in [7, 11) is 0. The van der Waals surface area contributed by atoms with Crippen LogP contribution in [0.4, 0.5) is 4.79 Å². The van der Waals surface area contributed by atoms with Crippen LogP contribution in [0.3, 0.4) is 0 Å². The Balaban J connectivity index is 1.29. The fraction of sp³-hybridized carbons (Fsp3) is 0.516. The van der Waals surface area contributed by atoms with Gasteiger partial charge in [-0.05, 0) is 82.6 Å². The van der Waals surface area contributed by atoms with E-state index in [2.05, 4.69) is 31.7 Å². The summed E-state index contributed by atoms with van der Waals surface area (Å²) < 4.78 is 5.19. The summed E-state index contributed by atoms with van der Waals surface area (Å²) in [5, 5.41) is 26.4. The number of phenolic OH excluding ortho intramolecular Hbond substituents is 1. The highest BCUT2D eigenvalue weighted by Crippen LogP contribution is 2.36. The van der Waals surface area contributed by atoms with Crippen molar-refractivity contribution >= 4 is 28.9 Å². The quantitative estimate of drug-likeness (QED) is 0.165. The molecule has 232 valence electrons. The lowest BCUT2D eigenvalue weighted by Crippen LogP contribution is -2.63. The summed E-state index contributed by atoms with van der Waals surface area (Å²) in [4.78, 5) is 38.3. The van der Waals surface area contributed by atoms with E-state index in [1.807, 2.05) is 84.9 Å². The number of aromatic hydroxyl groups is 1. The number of aryl methyl sites for hydroxylation is 1. The van der Waals surface area contributed by atoms with Crippen molar-refractivity contribution in [1.82, 2.24) is 36.5 Å². The van der Waals surface area contributed by atoms with Crippen LogP contribution in [-0.2, 0) is 26.2 Å². The summed E-state index contributed by atoms with van der Waals surface area (Å²) >= 11 is 0. The fourth-order valence-electron chi connectivity index (χ4n) is 5.83. The lowest BCUT2D eigenvalue weighted by atomic mass is 9.79. The highest BCUT2D eigenvalue weighted by Gasteiger charge is 2.38. The van der Waals surface area contributed by atoms with Crippen LogP contribution in [0.1, 0.15) is 78.9 Å². The molecule has 1 aromatic heterocycles. The van der Waals surface area contributed by atoms with E-state index in [1.165, 1.54) is 4.80 Å². The van der Waals surface area contributed by atoms with Crippen molar-refractivity contribution in [2.45, 2.75) is 96.7 Å². The van der Waals surface area contributed by atoms with Crippen molar-refractivity contribution in [2.24, 2.45) is 0 Å². The van der Waals surface area contributed by atoms with Gasteiger partial charge in [0.1, 0.15) is 22.5 Å². The zero-order valence-electron chi connectivity index (χ0n) is 26.0. The van der Waals surface area contributed by atoms with Crippen molar-refractivity contribution in [3.05, 3.63) is 47.5 Å². The van der Waals surface area contributed by atoms with Crippen LogP contribution in [0.25, 0.3) is 16.7 Å². The number of carbonyl (C=O) groups excluding carboxylic acids is 3. The number of aromatic nitrogens is 3. The lowest BCUT2D eigenvalue weighted by Gasteiger charge is -2.46. The van der Waals surface area contributed by atoms with Gasteiger partial charge in [-0.2, -0.15) is 0 Å². The van der Waals surface area contributed by atoms with Crippen molar-refractivity contribution in [2.75, 3.05) is 6.61 Å². The Morgan fingerprint density at radius 2 is 1.60 bits per heavy atom. The first-order valence-electron chi connectivity index (χ1n) is 14.5. The van der Waals surface area contributed by atoms with Crippen LogP contribution in [0, 0.1) is 0 Å². The minimum absolute atomic E-state index is 0.0676. The van der Waals surface area contributed by atoms with E-state index in [-0.39, 0.29) is 34.9 Å². The third-order valence-electron chi connectivity index (χ3n) is 7.31. The average Bonchev–Trinajstić information content (AvgIpc) is 3.32. The van der Waals surface area contributed by atoms with Crippen LogP contribution in [-0.4, -0.2) is 61.7 Å². The first-order chi connectivity index (χ1) is 20.0. The normalized spacial score (nSPS) is 16.4. The summed E-state index contributed by atoms with van der Waals surface area (Å²) in [6.07, 6.45) is 1.48. The maximum Gasteiger partial charge on any atom is 0.426 e. The number of phenols is 1. The fourth-order valence-corrected chi connectivity index (χ4v) is 5.83. The average molecular weight is 594 g/mol. The molecule has 3 aromatic rings. The molecule has 0 spiro atoms. The van der Waals surface area contributed by atoms with E-state index >= 15 is 0 Å². The molecule has 2 aromatic carbocycles. The highest BCUT2D eigenvalue weighted by atomic mass is 16.6. The third-order valence-corrected chi connectivity index (χ3v) is 7.31. The number of hydrazine groups is 1. The summed E-state index contributed by atoms with van der Waals surface area (Å²) in [5.74, 6) is -1.69. The number of hydrogen-bond donors (Lipinski definition) is 5. The number of amides is 3. The van der Waals surface area contributed by atoms with Crippen LogP contribution in [0.15, 0.2) is 36.4 Å². The van der Waals surface area contributed by atoms with Crippen molar-refractivity contribution < 1.29 is 24.2 Å². The van der Waals surface area contributed by atoms with E-state index in [9.17, 15) is 19.5 Å². The number of benzene rings is 2. The second kappa shape index (κ2) is 12.2. The predicted octanol–water partition coefficient (Wildman–Crippen LogP) is 3.54. The summed E-state index contributed by atoms with van der Waals surface area (Å²) in [6, 6.07) is 11.1. The van der Waals surface area contributed by atoms with Gasteiger partial charge in [0.25, 0.3) is 0 Å². The molecular weight excluding hydrogens is 550 g/mol. The monoisotopic (exact) mass is 593 g/mol. The molecule has 4 rings (SSSR count). The van der Waals surface area contributed by atoms with E-state index in [0.29, 0.717) is 42.4 Å². The van der Waals surface area contributed by atoms with E-state index in [4.69, 9.17) is 4.74 Å². The molecule has 1 aliphatic rings. The molecule has 0 radical (unpaired) electrons. The number of rotatable bonds is 6. The molecule has 3 amide bonds. The molecule has 12 heteroatoms. The smallest absolute Gasteiger partial charge is 0.426 e. The lowest BCUT2D eigenvalue weighted by molar-refractivity contribution is -0.140. The molecule has 1 fully saturated rings. The SMILES string of the molecule is CC1(C)CC(NC(=O)C(=O)NNC(=O)OCCCc2cc(-n3nc4ccccc4n3)c(O)c(C(C)(C)C)c2)CC(C)(C)N1. The molecule has 12 nitrogen and oxygen atoms in total. The van der Waals surface area contributed by atoms with Gasteiger partial charge in [0.15, 0.2) is 0 Å². The minimum Gasteiger partial charge on any atom is -0.505 e. The van der Waals surface area contributed by atoms with E-state index < -0.39 is 17.9 Å². The minimum atomic E-state index is -0.975. The molecule has 0 unspecified atom stereocenters. The number of piperidine rings is 1. The van der Waals surface area contributed by atoms with E-state index in [0.717, 1.165) is 11.1 Å². The highest BCUT2D eigenvalue weighted by molar-refractivity contribution is 6.35. The Bertz CT molecular complexity index is 1460. The van der Waals surface area contributed by atoms with Crippen LogP contribution >= 0.6 is 0 Å². The van der Waals surface area contributed by atoms with Crippen molar-refractivity contribution in [1.29, 1.82) is 0 Å². The zero-order valence-corrected chi connectivity index (χ0v) is 26.0. The largest absolute Gasteiger partial charge is 0.505 e. The molecular formula is C31H43N7O5. The predicted molar refractivity (Wildman–Crippen MR) is 163 cm³/mol. The Hall–Kier alpha value is -4.19. The Morgan fingerprint density at radius 3 is 2.19 bits per heavy atom. The molecule has 0 bridgehead atoms. The number of nitrogens with zero attached hydrogens (tertiary/aromatic N) is 3. The van der Waals surface area contributed by atoms with Gasteiger partial charge in [-0.1, -0.05) is 39.0 Å². The van der Waals surface area contributed by atoms with Gasteiger partial charge in [0.05, 0.1) is 6.61 Å². The van der Waals surface area contributed by atoms with Crippen molar-refractivity contribution in [3.63, 3.8) is 0 Å². The number of hydrogen-bond acceptors (Lipinski definition) is 8. The van der Waals surface area contributed by atoms with Gasteiger partial charge < -0.3 is 20.5 Å². The molecule has 0 atom stereocenters. The second-order valence-corrected chi connectivity index (χ2v) is 13.5. The number of carbonyl (C=O) groups is 3. The Morgan fingerprint density at radius 1 is 1.00 bits per heavy atom. The van der Waals surface area contributed by atoms with Gasteiger partial charge >= 0.3 is 17.9 Å². The first-order valence-corrected chi connectivity index (χ1v) is 14.5. The number of fused-ring (bicyclic) bond motifs is 1. The van der Waals surface area contributed by atoms with Gasteiger partial charge in [-0.25, -0.2) is 10.2 Å². The Kier molecular flexibility index (Phi) is 9.00. The van der Waals surface area contributed by atoms with Gasteiger partial charge in [-0.3, -0.25) is 15.0 Å². The number of ether oxygens (including phenoxy) is 1. The maximum absolute atomic E-state index is 12.4. The molecule has 1 saturated heterocycles. The van der Waals surface area contributed by atoms with Gasteiger partial charge in [0, 0.05) is 22.7 Å². The standard InChI is InChI=1S/C31H43N7O5/c1-29(2,3)21-15-19(16-24(25(21)39)38-35-22-12-8-9-13-23(22)36-38)11-10-14-43-28(42)34-33-27(41)26(40)32-20-17-30(4,5)37-31(6,7)18-20/h8-9,12-13,15-16,20,37,39H,10-11,14,17-18H2,1-7H3,(H,32,40)(H,33,41)(H,34,42). The Labute approximate surface area is 251 Å². The van der Waals surface area contributed by atoms with Crippen LogP contribution < -0.4 is 21.5 Å². The van der Waals surface area contributed by atoms with E-state index in [1.54, 1.807) is 0 Å². The second-order valence-electron chi connectivity index (χ2n) is 13.5. The zero-order chi connectivity index (χ0) is 31.6. The summed E-state index contributed by atoms with van der Waals surface area (Å²) in [6.45, 7) is 14.3. The third kappa shape index (κ3) is 8.22.